The van der Waals surface area contributed by atoms with E-state index in [1.54, 1.807) is 12.3 Å². The van der Waals surface area contributed by atoms with Gasteiger partial charge in [0, 0.05) is 53.4 Å². The molecule has 0 amide bonds. The van der Waals surface area contributed by atoms with Gasteiger partial charge in [-0.25, -0.2) is 9.97 Å². The molecule has 0 N–H and O–H groups in total. The number of hydrogen-bond acceptors (Lipinski definition) is 5. The average Bonchev–Trinajstić information content (AvgIpc) is 2.80. The molecule has 0 saturated carbocycles. The first-order valence-corrected chi connectivity index (χ1v) is 11.9. The van der Waals surface area contributed by atoms with E-state index in [1.807, 2.05) is 6.07 Å². The molecule has 0 spiro atoms. The van der Waals surface area contributed by atoms with Crippen molar-refractivity contribution in [3.05, 3.63) is 90.4 Å². The second-order valence-corrected chi connectivity index (χ2v) is 9.83. The molecule has 2 aromatic heterocycles. The lowest BCUT2D eigenvalue weighted by Crippen LogP contribution is -2.32. The molecule has 0 bridgehead atoms. The lowest BCUT2D eigenvalue weighted by Gasteiger charge is -2.27. The van der Waals surface area contributed by atoms with Crippen LogP contribution in [0.3, 0.4) is 0 Å². The first kappa shape index (κ1) is 23.2. The number of benzene rings is 2. The molecule has 4 aromatic rings. The van der Waals surface area contributed by atoms with Crippen molar-refractivity contribution < 1.29 is 17.6 Å². The predicted molar refractivity (Wildman–Crippen MR) is 128 cm³/mol. The summed E-state index contributed by atoms with van der Waals surface area (Å²) in [5, 5.41) is 0.501. The van der Waals surface area contributed by atoms with Gasteiger partial charge < -0.3 is 4.42 Å². The minimum absolute atomic E-state index is 0.0806. The van der Waals surface area contributed by atoms with E-state index in [4.69, 9.17) is 4.42 Å². The zero-order chi connectivity index (χ0) is 24.0. The van der Waals surface area contributed by atoms with Crippen molar-refractivity contribution in [2.75, 3.05) is 6.54 Å². The maximum absolute atomic E-state index is 13.0. The zero-order valence-corrected chi connectivity index (χ0v) is 20.7. The Hall–Kier alpha value is -2.56. The van der Waals surface area contributed by atoms with Crippen LogP contribution in [0.15, 0.2) is 67.0 Å². The van der Waals surface area contributed by atoms with Gasteiger partial charge in [0.2, 0.25) is 0 Å². The summed E-state index contributed by atoms with van der Waals surface area (Å²) in [6.07, 6.45) is -0.531. The second-order valence-electron chi connectivity index (χ2n) is 8.06. The van der Waals surface area contributed by atoms with Crippen LogP contribution < -0.4 is 5.43 Å². The molecule has 10 heteroatoms. The van der Waals surface area contributed by atoms with E-state index in [-0.39, 0.29) is 5.43 Å². The van der Waals surface area contributed by atoms with Crippen molar-refractivity contribution in [1.82, 2.24) is 14.9 Å². The van der Waals surface area contributed by atoms with Crippen molar-refractivity contribution in [2.45, 2.75) is 25.7 Å². The highest BCUT2D eigenvalue weighted by Gasteiger charge is 2.30. The standard InChI is InChI=1S/C24H16Br2F3N3O2/c25-17-7-18-21(33)15(12-34-22(18)19(26)8-17)11-32-6-5-20-14(10-32)9-30-23(31-20)13-1-3-16(4-2-13)24(27,28)29/h1-4,7-9,12H,5-6,10-11H2. The average molecular weight is 595 g/mol. The van der Waals surface area contributed by atoms with Gasteiger partial charge in [-0.1, -0.05) is 28.1 Å². The van der Waals surface area contributed by atoms with Gasteiger partial charge in [-0.15, -0.1) is 0 Å². The highest BCUT2D eigenvalue weighted by Crippen LogP contribution is 2.31. The Morgan fingerprint density at radius 2 is 1.88 bits per heavy atom. The molecule has 0 unspecified atom stereocenters. The molecule has 3 heterocycles. The molecule has 0 fully saturated rings. The molecule has 0 saturated heterocycles. The molecular weight excluding hydrogens is 579 g/mol. The number of aromatic nitrogens is 2. The van der Waals surface area contributed by atoms with Gasteiger partial charge in [-0.05, 0) is 40.2 Å². The van der Waals surface area contributed by atoms with Crippen LogP contribution in [0.4, 0.5) is 13.2 Å². The first-order valence-electron chi connectivity index (χ1n) is 10.3. The fraction of sp³-hybridized carbons (Fsp3) is 0.208. The van der Waals surface area contributed by atoms with E-state index < -0.39 is 11.7 Å². The van der Waals surface area contributed by atoms with Crippen LogP contribution in [-0.4, -0.2) is 21.4 Å². The van der Waals surface area contributed by atoms with Crippen LogP contribution in [0.25, 0.3) is 22.4 Å². The highest BCUT2D eigenvalue weighted by atomic mass is 79.9. The number of halogens is 5. The SMILES string of the molecule is O=c1c(CN2CCc3nc(-c4ccc(C(F)(F)F)cc4)ncc3C2)coc2c(Br)cc(Br)cc12. The summed E-state index contributed by atoms with van der Waals surface area (Å²) in [6.45, 7) is 1.65. The van der Waals surface area contributed by atoms with Crippen molar-refractivity contribution in [3.63, 3.8) is 0 Å². The van der Waals surface area contributed by atoms with Crippen molar-refractivity contribution in [3.8, 4) is 11.4 Å². The summed E-state index contributed by atoms with van der Waals surface area (Å²) >= 11 is 6.83. The number of fused-ring (bicyclic) bond motifs is 2. The number of nitrogens with zero attached hydrogens (tertiary/aromatic N) is 3. The summed E-state index contributed by atoms with van der Waals surface area (Å²) in [5.74, 6) is 0.396. The second kappa shape index (κ2) is 8.90. The molecule has 34 heavy (non-hydrogen) atoms. The van der Waals surface area contributed by atoms with E-state index in [0.29, 0.717) is 58.4 Å². The molecule has 0 atom stereocenters. The fourth-order valence-electron chi connectivity index (χ4n) is 4.01. The molecule has 2 aromatic carbocycles. The van der Waals surface area contributed by atoms with E-state index in [0.717, 1.165) is 27.9 Å². The van der Waals surface area contributed by atoms with Gasteiger partial charge in [0.05, 0.1) is 27.4 Å². The Balaban J connectivity index is 1.35. The third-order valence-electron chi connectivity index (χ3n) is 5.74. The largest absolute Gasteiger partial charge is 0.463 e. The smallest absolute Gasteiger partial charge is 0.416 e. The van der Waals surface area contributed by atoms with Crippen molar-refractivity contribution >= 4 is 42.8 Å². The van der Waals surface area contributed by atoms with Gasteiger partial charge in [0.25, 0.3) is 0 Å². The maximum atomic E-state index is 13.0. The Morgan fingerprint density at radius 3 is 2.62 bits per heavy atom. The van der Waals surface area contributed by atoms with Gasteiger partial charge in [-0.2, -0.15) is 13.2 Å². The summed E-state index contributed by atoms with van der Waals surface area (Å²) in [7, 11) is 0. The van der Waals surface area contributed by atoms with Crippen LogP contribution in [0.1, 0.15) is 22.4 Å². The van der Waals surface area contributed by atoms with Crippen LogP contribution in [0.5, 0.6) is 0 Å². The summed E-state index contributed by atoms with van der Waals surface area (Å²) in [4.78, 5) is 24.1. The zero-order valence-electron chi connectivity index (χ0n) is 17.5. The van der Waals surface area contributed by atoms with E-state index in [2.05, 4.69) is 46.7 Å². The van der Waals surface area contributed by atoms with Crippen molar-refractivity contribution in [1.29, 1.82) is 0 Å². The monoisotopic (exact) mass is 593 g/mol. The normalized spacial score (nSPS) is 14.4. The summed E-state index contributed by atoms with van der Waals surface area (Å²) in [6, 6.07) is 8.41. The Bertz CT molecular complexity index is 1450. The predicted octanol–water partition coefficient (Wildman–Crippen LogP) is 6.35. The molecule has 5 rings (SSSR count). The van der Waals surface area contributed by atoms with Gasteiger partial charge >= 0.3 is 6.18 Å². The maximum Gasteiger partial charge on any atom is 0.416 e. The van der Waals surface area contributed by atoms with Crippen molar-refractivity contribution in [2.24, 2.45) is 0 Å². The fourth-order valence-corrected chi connectivity index (χ4v) is 5.33. The summed E-state index contributed by atoms with van der Waals surface area (Å²) in [5.41, 5.74) is 2.60. The molecule has 174 valence electrons. The van der Waals surface area contributed by atoms with E-state index in [9.17, 15) is 18.0 Å². The minimum Gasteiger partial charge on any atom is -0.463 e. The first-order chi connectivity index (χ1) is 16.2. The quantitative estimate of drug-likeness (QED) is 0.277. The minimum atomic E-state index is -4.38. The Labute approximate surface area is 208 Å². The van der Waals surface area contributed by atoms with Crippen LogP contribution >= 0.6 is 31.9 Å². The third-order valence-corrected chi connectivity index (χ3v) is 6.79. The van der Waals surface area contributed by atoms with E-state index in [1.165, 1.54) is 18.4 Å². The highest BCUT2D eigenvalue weighted by molar-refractivity contribution is 9.11. The van der Waals surface area contributed by atoms with Crippen LogP contribution in [0.2, 0.25) is 0 Å². The Morgan fingerprint density at radius 1 is 1.12 bits per heavy atom. The molecular formula is C24H16Br2F3N3O2. The van der Waals surface area contributed by atoms with Crippen LogP contribution in [0, 0.1) is 0 Å². The molecule has 1 aliphatic heterocycles. The third kappa shape index (κ3) is 4.54. The Kier molecular flexibility index (Phi) is 6.07. The lowest BCUT2D eigenvalue weighted by molar-refractivity contribution is -0.137. The molecule has 5 nitrogen and oxygen atoms in total. The lowest BCUT2D eigenvalue weighted by atomic mass is 10.1. The van der Waals surface area contributed by atoms with Crippen LogP contribution in [-0.2, 0) is 25.7 Å². The summed E-state index contributed by atoms with van der Waals surface area (Å²) < 4.78 is 45.6. The number of hydrogen-bond donors (Lipinski definition) is 0. The van der Waals surface area contributed by atoms with Gasteiger partial charge in [0.1, 0.15) is 0 Å². The molecule has 0 radical (unpaired) electrons. The topological polar surface area (TPSA) is 59.2 Å². The number of rotatable bonds is 3. The van der Waals surface area contributed by atoms with Gasteiger partial charge in [-0.3, -0.25) is 9.69 Å². The van der Waals surface area contributed by atoms with E-state index >= 15 is 0 Å². The number of alkyl halides is 3. The van der Waals surface area contributed by atoms with Gasteiger partial charge in [0.15, 0.2) is 16.8 Å². The molecule has 0 aliphatic carbocycles. The molecule has 1 aliphatic rings.